The third-order valence-corrected chi connectivity index (χ3v) is 3.50. The molecule has 0 bridgehead atoms. The molecule has 0 aliphatic heterocycles. The van der Waals surface area contributed by atoms with Gasteiger partial charge in [0.15, 0.2) is 5.82 Å². The van der Waals surface area contributed by atoms with E-state index in [0.29, 0.717) is 11.5 Å². The third-order valence-electron chi connectivity index (χ3n) is 2.57. The van der Waals surface area contributed by atoms with Crippen molar-refractivity contribution >= 4 is 17.7 Å². The van der Waals surface area contributed by atoms with Crippen LogP contribution >= 0.6 is 11.8 Å². The summed E-state index contributed by atoms with van der Waals surface area (Å²) in [5.74, 6) is 1.81. The number of para-hydroxylation sites is 1. The summed E-state index contributed by atoms with van der Waals surface area (Å²) in [6.45, 7) is 2.75. The molecule has 0 radical (unpaired) electrons. The first-order chi connectivity index (χ1) is 9.81. The zero-order chi connectivity index (χ0) is 14.2. The monoisotopic (exact) mass is 291 g/mol. The topological polar surface area (TPSA) is 72.7 Å². The molecule has 1 heterocycles. The van der Waals surface area contributed by atoms with Crippen molar-refractivity contribution in [3.05, 3.63) is 36.2 Å². The van der Waals surface area contributed by atoms with Gasteiger partial charge in [-0.15, -0.1) is 16.9 Å². The Morgan fingerprint density at radius 1 is 1.35 bits per heavy atom. The summed E-state index contributed by atoms with van der Waals surface area (Å²) in [5, 5.41) is 14.5. The van der Waals surface area contributed by atoms with Crippen LogP contribution in [0.3, 0.4) is 0 Å². The summed E-state index contributed by atoms with van der Waals surface area (Å²) in [5.41, 5.74) is 0.920. The highest BCUT2D eigenvalue weighted by atomic mass is 32.2. The molecule has 0 aliphatic rings. The Morgan fingerprint density at radius 2 is 2.15 bits per heavy atom. The molecule has 0 atom stereocenters. The van der Waals surface area contributed by atoms with Gasteiger partial charge in [-0.05, 0) is 29.0 Å². The smallest absolute Gasteiger partial charge is 0.230 e. The lowest BCUT2D eigenvalue weighted by molar-refractivity contribution is -0.118. The number of amides is 1. The Labute approximate surface area is 121 Å². The molecule has 0 aliphatic carbocycles. The number of tetrazole rings is 1. The Balaban J connectivity index is 1.89. The molecule has 0 fully saturated rings. The number of nitrogens with one attached hydrogen (secondary N) is 1. The van der Waals surface area contributed by atoms with E-state index in [0.717, 1.165) is 24.5 Å². The molecule has 6 nitrogen and oxygen atoms in total. The predicted molar refractivity (Wildman–Crippen MR) is 78.6 cm³/mol. The van der Waals surface area contributed by atoms with E-state index in [9.17, 15) is 4.79 Å². The minimum atomic E-state index is 0.0515. The van der Waals surface area contributed by atoms with Gasteiger partial charge in [-0.25, -0.2) is 0 Å². The van der Waals surface area contributed by atoms with Crippen LogP contribution in [0.4, 0.5) is 0 Å². The van der Waals surface area contributed by atoms with Gasteiger partial charge in [-0.1, -0.05) is 25.1 Å². The van der Waals surface area contributed by atoms with Crippen LogP contribution in [-0.4, -0.2) is 38.4 Å². The van der Waals surface area contributed by atoms with Crippen molar-refractivity contribution < 1.29 is 4.79 Å². The third kappa shape index (κ3) is 4.06. The van der Waals surface area contributed by atoms with Crippen LogP contribution in [0.2, 0.25) is 0 Å². The number of carbonyl (C=O) groups excluding carboxylic acids is 1. The summed E-state index contributed by atoms with van der Waals surface area (Å²) in [7, 11) is 0. The average molecular weight is 291 g/mol. The highest BCUT2D eigenvalue weighted by molar-refractivity contribution is 7.99. The minimum absolute atomic E-state index is 0.0515. The number of carbonyl (C=O) groups is 1. The van der Waals surface area contributed by atoms with Crippen molar-refractivity contribution in [1.29, 1.82) is 0 Å². The van der Waals surface area contributed by atoms with E-state index in [-0.39, 0.29) is 5.91 Å². The quantitative estimate of drug-likeness (QED) is 0.835. The molecule has 2 rings (SSSR count). The first-order valence-electron chi connectivity index (χ1n) is 6.48. The van der Waals surface area contributed by atoms with E-state index < -0.39 is 0 Å². The lowest BCUT2D eigenvalue weighted by Gasteiger charge is -2.05. The van der Waals surface area contributed by atoms with E-state index in [2.05, 4.69) is 20.8 Å². The summed E-state index contributed by atoms with van der Waals surface area (Å²) in [6, 6.07) is 9.70. The van der Waals surface area contributed by atoms with Gasteiger partial charge >= 0.3 is 0 Å². The number of thioether (sulfide) groups is 1. The Morgan fingerprint density at radius 3 is 2.90 bits per heavy atom. The molecule has 1 N–H and O–H groups in total. The number of hydrogen-bond donors (Lipinski definition) is 1. The largest absolute Gasteiger partial charge is 0.355 e. The standard InChI is InChI=1S/C13H17N5OS/c1-2-8-14-13(19)10-20-9-12-15-16-17-18(12)11-6-4-3-5-7-11/h3-7H,2,8-10H2,1H3,(H,14,19). The normalized spacial score (nSPS) is 10.4. The molecule has 0 spiro atoms. The van der Waals surface area contributed by atoms with Gasteiger partial charge in [-0.2, -0.15) is 4.68 Å². The van der Waals surface area contributed by atoms with Gasteiger partial charge in [-0.3, -0.25) is 4.79 Å². The number of nitrogens with zero attached hydrogens (tertiary/aromatic N) is 4. The highest BCUT2D eigenvalue weighted by Gasteiger charge is 2.09. The van der Waals surface area contributed by atoms with Crippen LogP contribution in [0.15, 0.2) is 30.3 Å². The molecular weight excluding hydrogens is 274 g/mol. The Kier molecular flexibility index (Phi) is 5.55. The molecule has 0 saturated heterocycles. The molecule has 2 aromatic rings. The molecule has 106 valence electrons. The van der Waals surface area contributed by atoms with Gasteiger partial charge in [0.05, 0.1) is 17.2 Å². The molecule has 20 heavy (non-hydrogen) atoms. The van der Waals surface area contributed by atoms with Gasteiger partial charge in [0.2, 0.25) is 5.91 Å². The van der Waals surface area contributed by atoms with Gasteiger partial charge in [0.25, 0.3) is 0 Å². The SMILES string of the molecule is CCCNC(=O)CSCc1nnnn1-c1ccccc1. The predicted octanol–water partition coefficient (Wildman–Crippen LogP) is 1.42. The Hall–Kier alpha value is -1.89. The van der Waals surface area contributed by atoms with E-state index in [1.54, 1.807) is 4.68 Å². The first kappa shape index (κ1) is 14.5. The van der Waals surface area contributed by atoms with Crippen molar-refractivity contribution in [1.82, 2.24) is 25.5 Å². The van der Waals surface area contributed by atoms with Crippen molar-refractivity contribution in [2.45, 2.75) is 19.1 Å². The number of aromatic nitrogens is 4. The van der Waals surface area contributed by atoms with Crippen molar-refractivity contribution in [3.63, 3.8) is 0 Å². The maximum absolute atomic E-state index is 11.5. The molecular formula is C13H17N5OS. The van der Waals surface area contributed by atoms with Crippen molar-refractivity contribution in [3.8, 4) is 5.69 Å². The molecule has 1 aromatic heterocycles. The molecule has 7 heteroatoms. The van der Waals surface area contributed by atoms with Crippen LogP contribution < -0.4 is 5.32 Å². The van der Waals surface area contributed by atoms with Crippen molar-refractivity contribution in [2.75, 3.05) is 12.3 Å². The molecule has 1 amide bonds. The zero-order valence-electron chi connectivity index (χ0n) is 11.3. The fraction of sp³-hybridized carbons (Fsp3) is 0.385. The summed E-state index contributed by atoms with van der Waals surface area (Å²) in [4.78, 5) is 11.5. The second kappa shape index (κ2) is 7.64. The van der Waals surface area contributed by atoms with E-state index >= 15 is 0 Å². The molecule has 0 unspecified atom stereocenters. The molecule has 0 saturated carbocycles. The molecule has 1 aromatic carbocycles. The summed E-state index contributed by atoms with van der Waals surface area (Å²) < 4.78 is 1.69. The second-order valence-corrected chi connectivity index (χ2v) is 5.17. The second-order valence-electron chi connectivity index (χ2n) is 4.19. The van der Waals surface area contributed by atoms with E-state index in [1.807, 2.05) is 37.3 Å². The highest BCUT2D eigenvalue weighted by Crippen LogP contribution is 2.13. The van der Waals surface area contributed by atoms with Crippen LogP contribution in [-0.2, 0) is 10.5 Å². The van der Waals surface area contributed by atoms with Gasteiger partial charge < -0.3 is 5.32 Å². The number of rotatable bonds is 7. The fourth-order valence-corrected chi connectivity index (χ4v) is 2.37. The van der Waals surface area contributed by atoms with E-state index in [1.165, 1.54) is 11.8 Å². The number of hydrogen-bond acceptors (Lipinski definition) is 5. The zero-order valence-corrected chi connectivity index (χ0v) is 12.1. The summed E-state index contributed by atoms with van der Waals surface area (Å²) >= 11 is 1.50. The minimum Gasteiger partial charge on any atom is -0.355 e. The maximum Gasteiger partial charge on any atom is 0.230 e. The maximum atomic E-state index is 11.5. The van der Waals surface area contributed by atoms with Crippen LogP contribution in [0.1, 0.15) is 19.2 Å². The number of benzene rings is 1. The lowest BCUT2D eigenvalue weighted by atomic mass is 10.3. The van der Waals surface area contributed by atoms with Crippen LogP contribution in [0.25, 0.3) is 5.69 Å². The first-order valence-corrected chi connectivity index (χ1v) is 7.64. The van der Waals surface area contributed by atoms with E-state index in [4.69, 9.17) is 0 Å². The average Bonchev–Trinajstić information content (AvgIpc) is 2.94. The fourth-order valence-electron chi connectivity index (χ4n) is 1.62. The van der Waals surface area contributed by atoms with Crippen LogP contribution in [0.5, 0.6) is 0 Å². The summed E-state index contributed by atoms with van der Waals surface area (Å²) in [6.07, 6.45) is 0.947. The Bertz CT molecular complexity index is 543. The lowest BCUT2D eigenvalue weighted by Crippen LogP contribution is -2.25. The van der Waals surface area contributed by atoms with Gasteiger partial charge in [0.1, 0.15) is 0 Å². The van der Waals surface area contributed by atoms with Crippen molar-refractivity contribution in [2.24, 2.45) is 0 Å². The van der Waals surface area contributed by atoms with Gasteiger partial charge in [0, 0.05) is 6.54 Å². The van der Waals surface area contributed by atoms with Crippen LogP contribution in [0, 0.1) is 0 Å².